The number of hydrogen-bond donors (Lipinski definition) is 0. The lowest BCUT2D eigenvalue weighted by Gasteiger charge is -2.13. The zero-order valence-electron chi connectivity index (χ0n) is 10.1. The maximum Gasteiger partial charge on any atom is 0.123 e. The van der Waals surface area contributed by atoms with E-state index in [9.17, 15) is 0 Å². The Bertz CT molecular complexity index is 377. The molecule has 1 heteroatoms. The minimum atomic E-state index is 0.732. The Balaban J connectivity index is 2.30. The van der Waals surface area contributed by atoms with Crippen LogP contribution in [-0.2, 0) is 0 Å². The van der Waals surface area contributed by atoms with Gasteiger partial charge in [0.05, 0.1) is 6.61 Å². The molecule has 1 aliphatic carbocycles. The molecule has 1 fully saturated rings. The number of ether oxygens (including phenoxy) is 1. The molecule has 0 aromatic heterocycles. The van der Waals surface area contributed by atoms with E-state index in [1.165, 1.54) is 29.9 Å². The largest absolute Gasteiger partial charge is 0.494 e. The molecule has 16 heavy (non-hydrogen) atoms. The Kier molecular flexibility index (Phi) is 3.33. The Hall–Kier alpha value is -1.24. The summed E-state index contributed by atoms with van der Waals surface area (Å²) in [7, 11) is 0. The summed E-state index contributed by atoms with van der Waals surface area (Å²) >= 11 is 0. The molecule has 0 spiro atoms. The molecule has 1 aliphatic rings. The van der Waals surface area contributed by atoms with Crippen molar-refractivity contribution >= 4 is 0 Å². The van der Waals surface area contributed by atoms with Crippen LogP contribution in [0.4, 0.5) is 0 Å². The van der Waals surface area contributed by atoms with Gasteiger partial charge in [0.1, 0.15) is 5.75 Å². The van der Waals surface area contributed by atoms with Crippen molar-refractivity contribution in [1.29, 1.82) is 0 Å². The van der Waals surface area contributed by atoms with Crippen molar-refractivity contribution in [2.24, 2.45) is 0 Å². The fraction of sp³-hybridized carbons (Fsp3) is 0.400. The lowest BCUT2D eigenvalue weighted by Crippen LogP contribution is -1.98. The highest BCUT2D eigenvalue weighted by atomic mass is 16.5. The molecule has 1 saturated carbocycles. The van der Waals surface area contributed by atoms with Crippen LogP contribution in [0.1, 0.15) is 43.7 Å². The van der Waals surface area contributed by atoms with Gasteiger partial charge in [0, 0.05) is 5.92 Å². The lowest BCUT2D eigenvalue weighted by atomic mass is 9.98. The SMILES string of the molecule is C=C[C](C)c1ccc(C2CC2)c(OCC)c1. The molecule has 0 amide bonds. The maximum absolute atomic E-state index is 5.73. The van der Waals surface area contributed by atoms with Gasteiger partial charge in [-0.05, 0) is 42.9 Å². The third kappa shape index (κ3) is 2.29. The van der Waals surface area contributed by atoms with Gasteiger partial charge in [-0.25, -0.2) is 0 Å². The van der Waals surface area contributed by atoms with Crippen molar-refractivity contribution < 1.29 is 4.74 Å². The predicted molar refractivity (Wildman–Crippen MR) is 67.8 cm³/mol. The molecule has 0 atom stereocenters. The maximum atomic E-state index is 5.73. The number of allylic oxidation sites excluding steroid dienone is 1. The molecule has 0 N–H and O–H groups in total. The van der Waals surface area contributed by atoms with E-state index in [1.807, 2.05) is 13.0 Å². The summed E-state index contributed by atoms with van der Waals surface area (Å²) in [5.41, 5.74) is 2.59. The Labute approximate surface area is 98.1 Å². The molecule has 0 aliphatic heterocycles. The van der Waals surface area contributed by atoms with Crippen molar-refractivity contribution in [3.05, 3.63) is 47.9 Å². The molecular weight excluding hydrogens is 196 g/mol. The first-order chi connectivity index (χ1) is 7.76. The fourth-order valence-electron chi connectivity index (χ4n) is 1.91. The topological polar surface area (TPSA) is 9.23 Å². The monoisotopic (exact) mass is 215 g/mol. The van der Waals surface area contributed by atoms with Gasteiger partial charge >= 0.3 is 0 Å². The Morgan fingerprint density at radius 1 is 1.50 bits per heavy atom. The van der Waals surface area contributed by atoms with Crippen LogP contribution in [0, 0.1) is 5.92 Å². The molecule has 85 valence electrons. The van der Waals surface area contributed by atoms with Gasteiger partial charge in [0.25, 0.3) is 0 Å². The van der Waals surface area contributed by atoms with Crippen LogP contribution in [0.15, 0.2) is 30.9 Å². The Morgan fingerprint density at radius 3 is 2.81 bits per heavy atom. The van der Waals surface area contributed by atoms with Crippen LogP contribution >= 0.6 is 0 Å². The van der Waals surface area contributed by atoms with Crippen molar-refractivity contribution in [3.63, 3.8) is 0 Å². The van der Waals surface area contributed by atoms with E-state index in [4.69, 9.17) is 4.74 Å². The van der Waals surface area contributed by atoms with Crippen molar-refractivity contribution in [1.82, 2.24) is 0 Å². The lowest BCUT2D eigenvalue weighted by molar-refractivity contribution is 0.336. The minimum Gasteiger partial charge on any atom is -0.494 e. The first-order valence-corrected chi connectivity index (χ1v) is 5.99. The van der Waals surface area contributed by atoms with Crippen LogP contribution in [0.5, 0.6) is 5.75 Å². The number of hydrogen-bond acceptors (Lipinski definition) is 1. The average molecular weight is 215 g/mol. The molecule has 0 saturated heterocycles. The summed E-state index contributed by atoms with van der Waals surface area (Å²) in [6.45, 7) is 8.65. The smallest absolute Gasteiger partial charge is 0.123 e. The van der Waals surface area contributed by atoms with Crippen LogP contribution < -0.4 is 4.74 Å². The molecule has 1 radical (unpaired) electrons. The van der Waals surface area contributed by atoms with Gasteiger partial charge in [-0.2, -0.15) is 0 Å². The molecule has 1 aromatic rings. The second-order valence-electron chi connectivity index (χ2n) is 4.35. The van der Waals surface area contributed by atoms with Crippen molar-refractivity contribution in [3.8, 4) is 5.75 Å². The highest BCUT2D eigenvalue weighted by Gasteiger charge is 2.27. The van der Waals surface area contributed by atoms with E-state index in [2.05, 4.69) is 31.7 Å². The van der Waals surface area contributed by atoms with Gasteiger partial charge in [0.15, 0.2) is 0 Å². The van der Waals surface area contributed by atoms with Crippen LogP contribution in [0.25, 0.3) is 0 Å². The van der Waals surface area contributed by atoms with Crippen molar-refractivity contribution in [2.75, 3.05) is 6.61 Å². The summed E-state index contributed by atoms with van der Waals surface area (Å²) in [6, 6.07) is 6.53. The van der Waals surface area contributed by atoms with E-state index in [-0.39, 0.29) is 0 Å². The third-order valence-electron chi connectivity index (χ3n) is 3.09. The normalized spacial score (nSPS) is 15.2. The summed E-state index contributed by atoms with van der Waals surface area (Å²) < 4.78 is 5.73. The van der Waals surface area contributed by atoms with Gasteiger partial charge in [0.2, 0.25) is 0 Å². The van der Waals surface area contributed by atoms with Gasteiger partial charge < -0.3 is 4.74 Å². The zero-order valence-corrected chi connectivity index (χ0v) is 10.1. The molecular formula is C15H19O. The highest BCUT2D eigenvalue weighted by molar-refractivity contribution is 5.47. The summed E-state index contributed by atoms with van der Waals surface area (Å²) in [6.07, 6.45) is 4.51. The van der Waals surface area contributed by atoms with Crippen LogP contribution in [0.2, 0.25) is 0 Å². The molecule has 0 bridgehead atoms. The number of rotatable bonds is 5. The average Bonchev–Trinajstić information content (AvgIpc) is 3.12. The van der Waals surface area contributed by atoms with E-state index in [0.717, 1.165) is 18.3 Å². The van der Waals surface area contributed by atoms with Gasteiger partial charge in [-0.1, -0.05) is 25.1 Å². The predicted octanol–water partition coefficient (Wildman–Crippen LogP) is 4.09. The second kappa shape index (κ2) is 4.73. The highest BCUT2D eigenvalue weighted by Crippen LogP contribution is 2.44. The zero-order chi connectivity index (χ0) is 11.5. The summed E-state index contributed by atoms with van der Waals surface area (Å²) in [4.78, 5) is 0. The summed E-state index contributed by atoms with van der Waals surface area (Å²) in [5.74, 6) is 2.99. The van der Waals surface area contributed by atoms with E-state index in [1.54, 1.807) is 0 Å². The van der Waals surface area contributed by atoms with E-state index < -0.39 is 0 Å². The standard InChI is InChI=1S/C15H19O/c1-4-11(3)13-8-9-14(12-6-7-12)15(10-13)16-5-2/h4,8-10,12H,1,5-7H2,2-3H3. The minimum absolute atomic E-state index is 0.732. The molecule has 2 rings (SSSR count). The fourth-order valence-corrected chi connectivity index (χ4v) is 1.91. The van der Waals surface area contributed by atoms with E-state index in [0.29, 0.717) is 0 Å². The summed E-state index contributed by atoms with van der Waals surface area (Å²) in [5, 5.41) is 0. The number of benzene rings is 1. The third-order valence-corrected chi connectivity index (χ3v) is 3.09. The Morgan fingerprint density at radius 2 is 2.25 bits per heavy atom. The van der Waals surface area contributed by atoms with Gasteiger partial charge in [-0.15, -0.1) is 6.58 Å². The van der Waals surface area contributed by atoms with Crippen molar-refractivity contribution in [2.45, 2.75) is 32.6 Å². The molecule has 0 heterocycles. The first-order valence-electron chi connectivity index (χ1n) is 5.99. The quantitative estimate of drug-likeness (QED) is 0.718. The molecule has 1 aromatic carbocycles. The first kappa shape index (κ1) is 11.3. The molecule has 0 unspecified atom stereocenters. The second-order valence-corrected chi connectivity index (χ2v) is 4.35. The van der Waals surface area contributed by atoms with Crippen LogP contribution in [0.3, 0.4) is 0 Å². The molecule has 1 nitrogen and oxygen atoms in total. The van der Waals surface area contributed by atoms with E-state index >= 15 is 0 Å². The van der Waals surface area contributed by atoms with Gasteiger partial charge in [-0.3, -0.25) is 0 Å². The van der Waals surface area contributed by atoms with Crippen LogP contribution in [-0.4, -0.2) is 6.61 Å².